The Morgan fingerprint density at radius 3 is 1.86 bits per heavy atom. The molecule has 2 aliphatic heterocycles. The van der Waals surface area contributed by atoms with E-state index in [1.54, 1.807) is 4.89 Å². The molecule has 1 aliphatic carbocycles. The highest BCUT2D eigenvalue weighted by Crippen LogP contribution is 2.48. The second-order valence-electron chi connectivity index (χ2n) is 5.98. The summed E-state index contributed by atoms with van der Waals surface area (Å²) in [6.45, 7) is 5.15. The van der Waals surface area contributed by atoms with E-state index < -0.39 is 7.67 Å². The molecule has 0 spiro atoms. The molecular weight excluding hydrogens is 307 g/mol. The van der Waals surface area contributed by atoms with E-state index >= 15 is 0 Å². The minimum atomic E-state index is -3.41. The molecule has 2 N–H and O–H groups in total. The first-order chi connectivity index (χ1) is 10.7. The predicted octanol–water partition coefficient (Wildman–Crippen LogP) is 0.809. The number of morpholine rings is 2. The largest absolute Gasteiger partial charge is 0.379 e. The highest BCUT2D eigenvalue weighted by Gasteiger charge is 2.41. The Morgan fingerprint density at radius 1 is 0.955 bits per heavy atom. The van der Waals surface area contributed by atoms with Gasteiger partial charge in [-0.15, -0.1) is 0 Å². The van der Waals surface area contributed by atoms with E-state index in [1.165, 1.54) is 0 Å². The van der Waals surface area contributed by atoms with Gasteiger partial charge in [0.05, 0.1) is 32.5 Å². The van der Waals surface area contributed by atoms with Gasteiger partial charge in [-0.3, -0.25) is 4.57 Å². The van der Waals surface area contributed by atoms with E-state index in [-0.39, 0.29) is 6.10 Å². The van der Waals surface area contributed by atoms with Crippen LogP contribution in [0, 0.1) is 0 Å². The van der Waals surface area contributed by atoms with Crippen molar-refractivity contribution in [3.8, 4) is 0 Å². The summed E-state index contributed by atoms with van der Waals surface area (Å²) < 4.78 is 29.8. The monoisotopic (exact) mass is 334 g/mol. The van der Waals surface area contributed by atoms with Crippen molar-refractivity contribution in [3.05, 3.63) is 0 Å². The van der Waals surface area contributed by atoms with Gasteiger partial charge >= 0.3 is 7.67 Å². The minimum absolute atomic E-state index is 0.0143. The van der Waals surface area contributed by atoms with E-state index in [0.29, 0.717) is 52.6 Å². The summed E-state index contributed by atoms with van der Waals surface area (Å²) in [7, 11) is -3.41. The van der Waals surface area contributed by atoms with Crippen LogP contribution in [0.25, 0.3) is 0 Å². The molecule has 1 saturated carbocycles. The first-order valence-corrected chi connectivity index (χ1v) is 9.84. The summed E-state index contributed by atoms with van der Waals surface area (Å²) in [6.07, 6.45) is 4.16. The van der Waals surface area contributed by atoms with Crippen molar-refractivity contribution in [3.63, 3.8) is 0 Å². The maximum Gasteiger partial charge on any atom is 0.368 e. The highest BCUT2D eigenvalue weighted by atomic mass is 31.2. The molecule has 2 saturated heterocycles. The first-order valence-electron chi connectivity index (χ1n) is 8.20. The molecule has 1 unspecified atom stereocenters. The summed E-state index contributed by atoms with van der Waals surface area (Å²) in [5.41, 5.74) is 6.20. The Balaban J connectivity index is 1.74. The first kappa shape index (κ1) is 16.8. The van der Waals surface area contributed by atoms with Crippen LogP contribution in [-0.2, 0) is 18.6 Å². The average molecular weight is 334 g/mol. The zero-order valence-electron chi connectivity index (χ0n) is 13.1. The van der Waals surface area contributed by atoms with E-state index in [4.69, 9.17) is 19.5 Å². The summed E-state index contributed by atoms with van der Waals surface area (Å²) >= 11 is 0. The van der Waals surface area contributed by atoms with E-state index in [9.17, 15) is 4.57 Å². The molecule has 3 aliphatic rings. The normalized spacial score (nSPS) is 29.0. The molecule has 8 nitrogen and oxygen atoms in total. The topological polar surface area (TPSA) is 80.5 Å². The molecule has 0 aromatic carbocycles. The van der Waals surface area contributed by atoms with Gasteiger partial charge in [0.25, 0.3) is 0 Å². The lowest BCUT2D eigenvalue weighted by Crippen LogP contribution is -2.58. The molecule has 22 heavy (non-hydrogen) atoms. The Hall–Kier alpha value is -0.0500. The second-order valence-corrected chi connectivity index (χ2v) is 7.67. The molecule has 0 aromatic rings. The lowest BCUT2D eigenvalue weighted by molar-refractivity contribution is -0.177. The molecule has 3 fully saturated rings. The van der Waals surface area contributed by atoms with Crippen LogP contribution >= 0.6 is 7.67 Å². The van der Waals surface area contributed by atoms with Crippen molar-refractivity contribution in [2.45, 2.75) is 31.8 Å². The highest BCUT2D eigenvalue weighted by molar-refractivity contribution is 7.53. The van der Waals surface area contributed by atoms with Gasteiger partial charge in [0, 0.05) is 26.2 Å². The number of rotatable bonds is 5. The van der Waals surface area contributed by atoms with Crippen LogP contribution in [0.5, 0.6) is 0 Å². The van der Waals surface area contributed by atoms with Gasteiger partial charge in [0.15, 0.2) is 0 Å². The smallest absolute Gasteiger partial charge is 0.368 e. The van der Waals surface area contributed by atoms with Gasteiger partial charge in [0.1, 0.15) is 0 Å². The molecule has 0 bridgehead atoms. The van der Waals surface area contributed by atoms with Gasteiger partial charge in [-0.2, -0.15) is 0 Å². The average Bonchev–Trinajstić information content (AvgIpc) is 3.01. The van der Waals surface area contributed by atoms with Crippen LogP contribution in [0.3, 0.4) is 0 Å². The van der Waals surface area contributed by atoms with Crippen molar-refractivity contribution in [2.75, 3.05) is 52.6 Å². The van der Waals surface area contributed by atoms with Crippen LogP contribution < -0.4 is 5.50 Å². The summed E-state index contributed by atoms with van der Waals surface area (Å²) in [6, 6.07) is 0. The Morgan fingerprint density at radius 2 is 1.41 bits per heavy atom. The van der Waals surface area contributed by atoms with Crippen LogP contribution in [0.4, 0.5) is 0 Å². The van der Waals surface area contributed by atoms with Crippen LogP contribution in [0.1, 0.15) is 25.7 Å². The number of hydrogen-bond donors (Lipinski definition) is 1. The third kappa shape index (κ3) is 4.07. The standard InChI is InChI=1S/C13H27N4O4P/c14-22(18,21-13-3-1-2-4-13)17(15-5-9-19-10-6-15)16-7-11-20-12-8-16/h13H,1-12H2,(H2,14,18). The van der Waals surface area contributed by atoms with Crippen molar-refractivity contribution in [2.24, 2.45) is 5.50 Å². The molecule has 3 rings (SSSR count). The fourth-order valence-corrected chi connectivity index (χ4v) is 5.03. The van der Waals surface area contributed by atoms with Gasteiger partial charge in [-0.05, 0) is 12.8 Å². The van der Waals surface area contributed by atoms with Gasteiger partial charge in [-0.1, -0.05) is 17.7 Å². The predicted molar refractivity (Wildman–Crippen MR) is 81.8 cm³/mol. The van der Waals surface area contributed by atoms with Crippen molar-refractivity contribution < 1.29 is 18.6 Å². The van der Waals surface area contributed by atoms with E-state index in [0.717, 1.165) is 25.7 Å². The fraction of sp³-hybridized carbons (Fsp3) is 1.00. The quantitative estimate of drug-likeness (QED) is 0.740. The number of nitrogens with zero attached hydrogens (tertiary/aromatic N) is 3. The number of hydrazine groups is 2. The third-order valence-electron chi connectivity index (χ3n) is 4.33. The summed E-state index contributed by atoms with van der Waals surface area (Å²) in [5.74, 6) is 0. The lowest BCUT2D eigenvalue weighted by atomic mass is 10.3. The minimum Gasteiger partial charge on any atom is -0.379 e. The molecule has 0 amide bonds. The van der Waals surface area contributed by atoms with E-state index in [1.807, 2.05) is 10.0 Å². The third-order valence-corrected chi connectivity index (χ3v) is 5.94. The second kappa shape index (κ2) is 7.68. The zero-order chi connectivity index (χ0) is 15.4. The molecule has 9 heteroatoms. The number of nitrogens with two attached hydrogens (primary N) is 1. The lowest BCUT2D eigenvalue weighted by Gasteiger charge is -2.46. The SMILES string of the molecule is NP(=O)(OC1CCCC1)N(N1CCOCC1)N1CCOCC1. The summed E-state index contributed by atoms with van der Waals surface area (Å²) in [5, 5.41) is 4.01. The Kier molecular flexibility index (Phi) is 5.86. The molecular formula is C13H27N4O4P. The van der Waals surface area contributed by atoms with Crippen molar-refractivity contribution >= 4 is 7.67 Å². The number of hydrogen-bond acceptors (Lipinski definition) is 6. The molecule has 0 aromatic heterocycles. The Bertz CT molecular complexity index is 378. The van der Waals surface area contributed by atoms with Crippen LogP contribution in [-0.4, -0.2) is 73.6 Å². The van der Waals surface area contributed by atoms with Crippen molar-refractivity contribution in [1.29, 1.82) is 0 Å². The van der Waals surface area contributed by atoms with Crippen LogP contribution in [0.15, 0.2) is 0 Å². The van der Waals surface area contributed by atoms with Gasteiger partial charge in [-0.25, -0.2) is 15.5 Å². The Labute approximate surface area is 131 Å². The fourth-order valence-electron chi connectivity index (χ4n) is 3.25. The zero-order valence-corrected chi connectivity index (χ0v) is 14.0. The molecule has 128 valence electrons. The van der Waals surface area contributed by atoms with Crippen LogP contribution in [0.2, 0.25) is 0 Å². The molecule has 1 atom stereocenters. The summed E-state index contributed by atoms with van der Waals surface area (Å²) in [4.78, 5) is 1.69. The maximum atomic E-state index is 13.2. The maximum absolute atomic E-state index is 13.2. The van der Waals surface area contributed by atoms with Gasteiger partial charge in [0.2, 0.25) is 0 Å². The van der Waals surface area contributed by atoms with Gasteiger partial charge < -0.3 is 14.0 Å². The number of ether oxygens (including phenoxy) is 2. The molecule has 0 radical (unpaired) electrons. The molecule has 2 heterocycles. The van der Waals surface area contributed by atoms with Crippen molar-refractivity contribution in [1.82, 2.24) is 14.9 Å². The van der Waals surface area contributed by atoms with E-state index in [2.05, 4.69) is 0 Å².